The van der Waals surface area contributed by atoms with Gasteiger partial charge in [-0.1, -0.05) is 13.8 Å². The molecule has 0 aliphatic carbocycles. The molecule has 1 saturated heterocycles. The summed E-state index contributed by atoms with van der Waals surface area (Å²) >= 11 is 0. The van der Waals surface area contributed by atoms with Gasteiger partial charge in [0.25, 0.3) is 0 Å². The van der Waals surface area contributed by atoms with Gasteiger partial charge in [-0.05, 0) is 32.6 Å². The Kier molecular flexibility index (Phi) is 3.85. The van der Waals surface area contributed by atoms with Gasteiger partial charge in [-0.15, -0.1) is 0 Å². The van der Waals surface area contributed by atoms with Crippen LogP contribution in [0, 0.1) is 0 Å². The fourth-order valence-corrected chi connectivity index (χ4v) is 2.33. The molecule has 0 aromatic carbocycles. The largest absolute Gasteiger partial charge is 0.375 e. The summed E-state index contributed by atoms with van der Waals surface area (Å²) in [5.74, 6) is 1.36. The van der Waals surface area contributed by atoms with Crippen LogP contribution >= 0.6 is 0 Å². The summed E-state index contributed by atoms with van der Waals surface area (Å²) in [4.78, 5) is 8.59. The number of anilines is 1. The van der Waals surface area contributed by atoms with Gasteiger partial charge in [-0.3, -0.25) is 0 Å². The highest BCUT2D eigenvalue weighted by Gasteiger charge is 2.28. The third-order valence-electron chi connectivity index (χ3n) is 3.33. The number of ether oxygens (including phenoxy) is 1. The van der Waals surface area contributed by atoms with Crippen LogP contribution in [0.1, 0.15) is 52.1 Å². The summed E-state index contributed by atoms with van der Waals surface area (Å²) in [6.07, 6.45) is 3.68. The first-order valence-corrected chi connectivity index (χ1v) is 6.69. The SMILES string of the molecule is CC(C)c1cc(NC2CCOC(C)(C)C2)ncn1. The highest BCUT2D eigenvalue weighted by molar-refractivity contribution is 5.37. The van der Waals surface area contributed by atoms with Crippen molar-refractivity contribution >= 4 is 5.82 Å². The molecule has 0 amide bonds. The smallest absolute Gasteiger partial charge is 0.129 e. The van der Waals surface area contributed by atoms with Crippen LogP contribution in [0.2, 0.25) is 0 Å². The minimum atomic E-state index is -0.0379. The van der Waals surface area contributed by atoms with E-state index in [2.05, 4.69) is 43.0 Å². The molecule has 4 nitrogen and oxygen atoms in total. The molecule has 1 aliphatic heterocycles. The molecule has 1 aromatic rings. The van der Waals surface area contributed by atoms with Crippen molar-refractivity contribution in [1.29, 1.82) is 0 Å². The van der Waals surface area contributed by atoms with Gasteiger partial charge in [-0.2, -0.15) is 0 Å². The van der Waals surface area contributed by atoms with Crippen molar-refractivity contribution < 1.29 is 4.74 Å². The van der Waals surface area contributed by atoms with Crippen LogP contribution in [0.5, 0.6) is 0 Å². The molecule has 2 rings (SSSR count). The van der Waals surface area contributed by atoms with Gasteiger partial charge >= 0.3 is 0 Å². The van der Waals surface area contributed by atoms with Crippen LogP contribution in [0.25, 0.3) is 0 Å². The van der Waals surface area contributed by atoms with E-state index in [1.807, 2.05) is 6.07 Å². The van der Waals surface area contributed by atoms with E-state index < -0.39 is 0 Å². The molecule has 0 spiro atoms. The van der Waals surface area contributed by atoms with Crippen LogP contribution in [0.15, 0.2) is 12.4 Å². The van der Waals surface area contributed by atoms with E-state index in [9.17, 15) is 0 Å². The van der Waals surface area contributed by atoms with Crippen molar-refractivity contribution in [3.63, 3.8) is 0 Å². The Bertz CT molecular complexity index is 404. The molecule has 1 aliphatic rings. The first kappa shape index (κ1) is 13.3. The third-order valence-corrected chi connectivity index (χ3v) is 3.33. The maximum absolute atomic E-state index is 5.72. The van der Waals surface area contributed by atoms with Crippen molar-refractivity contribution in [2.45, 2.75) is 58.1 Å². The van der Waals surface area contributed by atoms with E-state index in [0.29, 0.717) is 12.0 Å². The first-order valence-electron chi connectivity index (χ1n) is 6.69. The van der Waals surface area contributed by atoms with Crippen molar-refractivity contribution in [2.75, 3.05) is 11.9 Å². The second-order valence-electron chi connectivity index (χ2n) is 5.93. The quantitative estimate of drug-likeness (QED) is 0.894. The lowest BCUT2D eigenvalue weighted by atomic mass is 9.94. The van der Waals surface area contributed by atoms with Crippen LogP contribution in [0.3, 0.4) is 0 Å². The van der Waals surface area contributed by atoms with Gasteiger partial charge in [0, 0.05) is 24.4 Å². The second-order valence-corrected chi connectivity index (χ2v) is 5.93. The number of rotatable bonds is 3. The molecule has 1 N–H and O–H groups in total. The minimum absolute atomic E-state index is 0.0379. The number of nitrogens with zero attached hydrogens (tertiary/aromatic N) is 2. The molecule has 1 fully saturated rings. The average molecular weight is 249 g/mol. The molecule has 0 bridgehead atoms. The first-order chi connectivity index (χ1) is 8.46. The molecule has 2 heterocycles. The molecule has 1 atom stereocenters. The van der Waals surface area contributed by atoms with Gasteiger partial charge in [0.2, 0.25) is 0 Å². The average Bonchev–Trinajstić information content (AvgIpc) is 2.28. The predicted octanol–water partition coefficient (Wildman–Crippen LogP) is 2.97. The van der Waals surface area contributed by atoms with Crippen LogP contribution in [-0.4, -0.2) is 28.2 Å². The van der Waals surface area contributed by atoms with Crippen molar-refractivity contribution in [1.82, 2.24) is 9.97 Å². The second kappa shape index (κ2) is 5.22. The standard InChI is InChI=1S/C14H23N3O/c1-10(2)12-7-13(16-9-15-12)17-11-5-6-18-14(3,4)8-11/h7,9-11H,5-6,8H2,1-4H3,(H,15,16,17). The molecule has 18 heavy (non-hydrogen) atoms. The zero-order valence-electron chi connectivity index (χ0n) is 11.7. The Morgan fingerprint density at radius 3 is 2.83 bits per heavy atom. The molecule has 1 aromatic heterocycles. The van der Waals surface area contributed by atoms with Gasteiger partial charge in [0.15, 0.2) is 0 Å². The van der Waals surface area contributed by atoms with E-state index in [0.717, 1.165) is 31.0 Å². The van der Waals surface area contributed by atoms with Crippen molar-refractivity contribution in [3.05, 3.63) is 18.1 Å². The number of hydrogen-bond acceptors (Lipinski definition) is 4. The summed E-state index contributed by atoms with van der Waals surface area (Å²) in [5, 5.41) is 3.50. The molecule has 0 saturated carbocycles. The zero-order valence-corrected chi connectivity index (χ0v) is 11.7. The maximum atomic E-state index is 5.72. The number of nitrogens with one attached hydrogen (secondary N) is 1. The van der Waals surface area contributed by atoms with Crippen LogP contribution in [-0.2, 0) is 4.74 Å². The Labute approximate surface area is 109 Å². The lowest BCUT2D eigenvalue weighted by Gasteiger charge is -2.36. The summed E-state index contributed by atoms with van der Waals surface area (Å²) in [6, 6.07) is 2.48. The fraction of sp³-hybridized carbons (Fsp3) is 0.714. The fourth-order valence-electron chi connectivity index (χ4n) is 2.33. The minimum Gasteiger partial charge on any atom is -0.375 e. The summed E-state index contributed by atoms with van der Waals surface area (Å²) < 4.78 is 5.72. The summed E-state index contributed by atoms with van der Waals surface area (Å²) in [5.41, 5.74) is 1.04. The molecular weight excluding hydrogens is 226 g/mol. The van der Waals surface area contributed by atoms with E-state index in [4.69, 9.17) is 4.74 Å². The van der Waals surface area contributed by atoms with Gasteiger partial charge in [0.1, 0.15) is 12.1 Å². The van der Waals surface area contributed by atoms with Crippen LogP contribution in [0.4, 0.5) is 5.82 Å². The Balaban J connectivity index is 2.03. The molecule has 1 unspecified atom stereocenters. The van der Waals surface area contributed by atoms with Crippen molar-refractivity contribution in [3.8, 4) is 0 Å². The molecule has 4 heteroatoms. The van der Waals surface area contributed by atoms with E-state index in [1.54, 1.807) is 6.33 Å². The normalized spacial score (nSPS) is 23.1. The summed E-state index contributed by atoms with van der Waals surface area (Å²) in [6.45, 7) is 9.38. The lowest BCUT2D eigenvalue weighted by Crippen LogP contribution is -2.40. The monoisotopic (exact) mass is 249 g/mol. The van der Waals surface area contributed by atoms with Crippen molar-refractivity contribution in [2.24, 2.45) is 0 Å². The third kappa shape index (κ3) is 3.42. The highest BCUT2D eigenvalue weighted by atomic mass is 16.5. The van der Waals surface area contributed by atoms with E-state index in [-0.39, 0.29) is 5.60 Å². The highest BCUT2D eigenvalue weighted by Crippen LogP contribution is 2.26. The van der Waals surface area contributed by atoms with Crippen LogP contribution < -0.4 is 5.32 Å². The number of hydrogen-bond donors (Lipinski definition) is 1. The Morgan fingerprint density at radius 1 is 1.39 bits per heavy atom. The summed E-state index contributed by atoms with van der Waals surface area (Å²) in [7, 11) is 0. The predicted molar refractivity (Wildman–Crippen MR) is 72.8 cm³/mol. The number of aromatic nitrogens is 2. The Hall–Kier alpha value is -1.16. The zero-order chi connectivity index (χ0) is 13.2. The molecular formula is C14H23N3O. The molecule has 100 valence electrons. The lowest BCUT2D eigenvalue weighted by molar-refractivity contribution is -0.0553. The van der Waals surface area contributed by atoms with Gasteiger partial charge < -0.3 is 10.1 Å². The Morgan fingerprint density at radius 2 is 2.17 bits per heavy atom. The van der Waals surface area contributed by atoms with Gasteiger partial charge in [0.05, 0.1) is 5.60 Å². The van der Waals surface area contributed by atoms with Gasteiger partial charge in [-0.25, -0.2) is 9.97 Å². The topological polar surface area (TPSA) is 47.0 Å². The van der Waals surface area contributed by atoms with E-state index in [1.165, 1.54) is 0 Å². The molecule has 0 radical (unpaired) electrons. The maximum Gasteiger partial charge on any atom is 0.129 e. The van der Waals surface area contributed by atoms with E-state index >= 15 is 0 Å².